The van der Waals surface area contributed by atoms with Gasteiger partial charge >= 0.3 is 0 Å². The molecule has 2 aliphatic carbocycles. The number of phenolic OH excluding ortho intramolecular Hbond substituents is 2. The van der Waals surface area contributed by atoms with E-state index in [4.69, 9.17) is 9.47 Å². The Morgan fingerprint density at radius 3 is 1.29 bits per heavy atom. The average Bonchev–Trinajstić information content (AvgIpc) is 3.04. The number of hydrogen-bond acceptors (Lipinski definition) is 4. The summed E-state index contributed by atoms with van der Waals surface area (Å²) < 4.78 is 11.5. The van der Waals surface area contributed by atoms with Gasteiger partial charge in [-0.2, -0.15) is 0 Å². The van der Waals surface area contributed by atoms with Crippen molar-refractivity contribution in [3.63, 3.8) is 0 Å². The molecule has 0 radical (unpaired) electrons. The minimum absolute atomic E-state index is 0.411. The number of aromatic hydroxyl groups is 2. The zero-order valence-electron chi connectivity index (χ0n) is 32.5. The topological polar surface area (TPSA) is 58.9 Å². The molecule has 2 aliphatic rings. The van der Waals surface area contributed by atoms with E-state index in [0.29, 0.717) is 47.0 Å². The first-order chi connectivity index (χ1) is 22.9. The SMILES string of the molecule is CCCCCc1cc(O)c([C@@H]2C[C@@H](C)CC[C@H]2C(C)C)c(OC)c1.CCCCCc1cc(O)c([C@@H]2C[C@H](C)CC[C@H]2C(C)C)c(OC)c1. The summed E-state index contributed by atoms with van der Waals surface area (Å²) >= 11 is 0. The van der Waals surface area contributed by atoms with Gasteiger partial charge in [-0.1, -0.05) is 93.9 Å². The van der Waals surface area contributed by atoms with Crippen molar-refractivity contribution in [2.75, 3.05) is 14.2 Å². The zero-order chi connectivity index (χ0) is 35.4. The van der Waals surface area contributed by atoms with E-state index in [-0.39, 0.29) is 0 Å². The van der Waals surface area contributed by atoms with Crippen LogP contribution in [0.15, 0.2) is 24.3 Å². The molecule has 0 bridgehead atoms. The smallest absolute Gasteiger partial charge is 0.126 e. The lowest BCUT2D eigenvalue weighted by Crippen LogP contribution is -2.26. The Morgan fingerprint density at radius 2 is 0.979 bits per heavy atom. The predicted molar refractivity (Wildman–Crippen MR) is 204 cm³/mol. The van der Waals surface area contributed by atoms with E-state index in [1.54, 1.807) is 14.2 Å². The number of rotatable bonds is 14. The number of benzene rings is 2. The minimum atomic E-state index is 0.411. The molecule has 0 aromatic heterocycles. The van der Waals surface area contributed by atoms with Crippen LogP contribution in [0.1, 0.15) is 167 Å². The fourth-order valence-electron chi connectivity index (χ4n) is 8.93. The van der Waals surface area contributed by atoms with Gasteiger partial charge in [0.1, 0.15) is 23.0 Å². The molecule has 0 aliphatic heterocycles. The van der Waals surface area contributed by atoms with E-state index < -0.39 is 0 Å². The van der Waals surface area contributed by atoms with Crippen molar-refractivity contribution in [3.05, 3.63) is 46.5 Å². The van der Waals surface area contributed by atoms with Crippen LogP contribution in [0.2, 0.25) is 0 Å². The van der Waals surface area contributed by atoms with Gasteiger partial charge in [0, 0.05) is 11.1 Å². The van der Waals surface area contributed by atoms with E-state index in [9.17, 15) is 10.2 Å². The van der Waals surface area contributed by atoms with Gasteiger partial charge in [-0.3, -0.25) is 0 Å². The molecule has 2 N–H and O–H groups in total. The number of phenols is 2. The molecule has 2 aromatic rings. The summed E-state index contributed by atoms with van der Waals surface area (Å²) in [5.41, 5.74) is 4.52. The summed E-state index contributed by atoms with van der Waals surface area (Å²) in [5.74, 6) is 7.48. The molecule has 0 unspecified atom stereocenters. The lowest BCUT2D eigenvalue weighted by molar-refractivity contribution is 0.191. The third kappa shape index (κ3) is 10.8. The Hall–Kier alpha value is -2.36. The highest BCUT2D eigenvalue weighted by Crippen LogP contribution is 2.51. The van der Waals surface area contributed by atoms with Crippen LogP contribution in [-0.2, 0) is 12.8 Å². The molecule has 48 heavy (non-hydrogen) atoms. The first kappa shape index (κ1) is 40.1. The van der Waals surface area contributed by atoms with Crippen LogP contribution in [0, 0.1) is 35.5 Å². The Kier molecular flexibility index (Phi) is 16.5. The maximum absolute atomic E-state index is 10.8. The summed E-state index contributed by atoms with van der Waals surface area (Å²) in [6.45, 7) is 18.4. The van der Waals surface area contributed by atoms with Crippen LogP contribution in [0.25, 0.3) is 0 Å². The largest absolute Gasteiger partial charge is 0.508 e. The second kappa shape index (κ2) is 19.7. The van der Waals surface area contributed by atoms with Crippen molar-refractivity contribution >= 4 is 0 Å². The first-order valence-corrected chi connectivity index (χ1v) is 19.7. The third-order valence-corrected chi connectivity index (χ3v) is 11.7. The van der Waals surface area contributed by atoms with Crippen molar-refractivity contribution in [2.24, 2.45) is 35.5 Å². The number of methoxy groups -OCH3 is 2. The van der Waals surface area contributed by atoms with Crippen LogP contribution in [0.4, 0.5) is 0 Å². The summed E-state index contributed by atoms with van der Waals surface area (Å²) in [7, 11) is 3.48. The van der Waals surface area contributed by atoms with Crippen molar-refractivity contribution < 1.29 is 19.7 Å². The molecular weight excluding hydrogens is 592 g/mol. The second-order valence-electron chi connectivity index (χ2n) is 16.2. The van der Waals surface area contributed by atoms with Gasteiger partial charge in [0.25, 0.3) is 0 Å². The van der Waals surface area contributed by atoms with Gasteiger partial charge in [0.15, 0.2) is 0 Å². The van der Waals surface area contributed by atoms with Gasteiger partial charge in [-0.05, 0) is 134 Å². The molecule has 2 aromatic carbocycles. The molecule has 4 nitrogen and oxygen atoms in total. The van der Waals surface area contributed by atoms with Gasteiger partial charge in [-0.25, -0.2) is 0 Å². The summed E-state index contributed by atoms with van der Waals surface area (Å²) in [4.78, 5) is 0. The van der Waals surface area contributed by atoms with E-state index in [1.807, 2.05) is 12.1 Å². The van der Waals surface area contributed by atoms with Crippen LogP contribution in [0.3, 0.4) is 0 Å². The fourth-order valence-corrected chi connectivity index (χ4v) is 8.93. The van der Waals surface area contributed by atoms with Crippen molar-refractivity contribution in [2.45, 2.75) is 157 Å². The molecular formula is C44H72O4. The Bertz CT molecular complexity index is 1140. The van der Waals surface area contributed by atoms with Gasteiger partial charge in [-0.15, -0.1) is 0 Å². The van der Waals surface area contributed by atoms with Crippen molar-refractivity contribution in [1.29, 1.82) is 0 Å². The highest BCUT2D eigenvalue weighted by molar-refractivity contribution is 5.51. The van der Waals surface area contributed by atoms with Crippen LogP contribution >= 0.6 is 0 Å². The Morgan fingerprint density at radius 1 is 0.604 bits per heavy atom. The lowest BCUT2D eigenvalue weighted by atomic mass is 9.67. The number of hydrogen-bond donors (Lipinski definition) is 2. The molecule has 0 saturated heterocycles. The van der Waals surface area contributed by atoms with Crippen LogP contribution in [-0.4, -0.2) is 24.4 Å². The van der Waals surface area contributed by atoms with E-state index in [1.165, 1.54) is 75.3 Å². The standard InChI is InChI=1S/2C22H36O2/c2*1-6-7-8-9-17-13-20(23)22(21(14-17)24-5)19-12-16(4)10-11-18(19)15(2)3/h2*13-16,18-19,23H,6-12H2,1-5H3/t16-,18+,19-;16-,18-,19+/m10/s1. The molecule has 2 saturated carbocycles. The first-order valence-electron chi connectivity index (χ1n) is 19.7. The molecule has 0 spiro atoms. The molecule has 2 fully saturated rings. The summed E-state index contributed by atoms with van der Waals surface area (Å²) in [6, 6.07) is 8.32. The van der Waals surface area contributed by atoms with Crippen LogP contribution < -0.4 is 9.47 Å². The highest BCUT2D eigenvalue weighted by atomic mass is 16.5. The Labute approximate surface area is 295 Å². The molecule has 0 amide bonds. The Balaban J connectivity index is 0.000000260. The van der Waals surface area contributed by atoms with Gasteiger partial charge < -0.3 is 19.7 Å². The number of aryl methyl sites for hydroxylation is 2. The van der Waals surface area contributed by atoms with Crippen LogP contribution in [0.5, 0.6) is 23.0 Å². The monoisotopic (exact) mass is 665 g/mol. The minimum Gasteiger partial charge on any atom is -0.508 e. The third-order valence-electron chi connectivity index (χ3n) is 11.7. The van der Waals surface area contributed by atoms with E-state index >= 15 is 0 Å². The normalized spacial score (nSPS) is 24.3. The van der Waals surface area contributed by atoms with E-state index in [2.05, 4.69) is 67.5 Å². The molecule has 4 heteroatoms. The average molecular weight is 665 g/mol. The maximum Gasteiger partial charge on any atom is 0.126 e. The molecule has 272 valence electrons. The second-order valence-corrected chi connectivity index (χ2v) is 16.2. The highest BCUT2D eigenvalue weighted by Gasteiger charge is 2.36. The van der Waals surface area contributed by atoms with Gasteiger partial charge in [0.2, 0.25) is 0 Å². The zero-order valence-corrected chi connectivity index (χ0v) is 32.5. The predicted octanol–water partition coefficient (Wildman–Crippen LogP) is 12.6. The molecule has 4 rings (SSSR count). The van der Waals surface area contributed by atoms with Crippen molar-refractivity contribution in [1.82, 2.24) is 0 Å². The fraction of sp³-hybridized carbons (Fsp3) is 0.727. The summed E-state index contributed by atoms with van der Waals surface area (Å²) in [6.07, 6.45) is 16.7. The number of ether oxygens (including phenoxy) is 2. The van der Waals surface area contributed by atoms with E-state index in [0.717, 1.165) is 60.1 Å². The summed E-state index contributed by atoms with van der Waals surface area (Å²) in [5, 5.41) is 21.6. The van der Waals surface area contributed by atoms with Crippen molar-refractivity contribution in [3.8, 4) is 23.0 Å². The molecule has 0 heterocycles. The quantitative estimate of drug-likeness (QED) is 0.197. The van der Waals surface area contributed by atoms with Gasteiger partial charge in [0.05, 0.1) is 14.2 Å². The number of unbranched alkanes of at least 4 members (excludes halogenated alkanes) is 4. The maximum atomic E-state index is 10.8. The lowest BCUT2D eigenvalue weighted by Gasteiger charge is -2.38. The molecule has 6 atom stereocenters.